The van der Waals surface area contributed by atoms with Crippen LogP contribution < -0.4 is 10.6 Å². The number of sulfone groups is 1. The smallest absolute Gasteiger partial charge is 0.251 e. The average molecular weight is 325 g/mol. The number of hydrogen-bond acceptors (Lipinski definition) is 5. The highest BCUT2D eigenvalue weighted by Crippen LogP contribution is 2.16. The Hall–Kier alpha value is -1.63. The topological polar surface area (TPSA) is 88.2 Å². The second kappa shape index (κ2) is 7.58. The van der Waals surface area contributed by atoms with E-state index in [0.717, 1.165) is 19.3 Å². The lowest BCUT2D eigenvalue weighted by molar-refractivity contribution is 0.0953. The van der Waals surface area contributed by atoms with Crippen LogP contribution in [0.3, 0.4) is 0 Å². The summed E-state index contributed by atoms with van der Waals surface area (Å²) in [6, 6.07) is 3.20. The van der Waals surface area contributed by atoms with E-state index in [2.05, 4.69) is 22.5 Å². The van der Waals surface area contributed by atoms with Crippen molar-refractivity contribution >= 4 is 21.6 Å². The lowest BCUT2D eigenvalue weighted by Crippen LogP contribution is -2.25. The Bertz CT molecular complexity index is 616. The van der Waals surface area contributed by atoms with Crippen molar-refractivity contribution in [3.05, 3.63) is 23.9 Å². The minimum Gasteiger partial charge on any atom is -0.366 e. The van der Waals surface area contributed by atoms with Gasteiger partial charge in [-0.2, -0.15) is 0 Å². The molecular weight excluding hydrogens is 302 g/mol. The molecular formula is C15H23N3O3S. The molecule has 6 nitrogen and oxygen atoms in total. The van der Waals surface area contributed by atoms with Gasteiger partial charge in [0, 0.05) is 24.3 Å². The Balaban J connectivity index is 1.91. The summed E-state index contributed by atoms with van der Waals surface area (Å²) in [6.07, 6.45) is 5.33. The van der Waals surface area contributed by atoms with E-state index in [1.807, 2.05) is 0 Å². The van der Waals surface area contributed by atoms with Crippen LogP contribution in [0.5, 0.6) is 0 Å². The van der Waals surface area contributed by atoms with Crippen LogP contribution in [-0.2, 0) is 9.84 Å². The monoisotopic (exact) mass is 325 g/mol. The second-order valence-electron chi connectivity index (χ2n) is 5.64. The van der Waals surface area contributed by atoms with E-state index in [9.17, 15) is 13.2 Å². The van der Waals surface area contributed by atoms with Gasteiger partial charge in [0.05, 0.1) is 11.5 Å². The molecule has 1 atom stereocenters. The summed E-state index contributed by atoms with van der Waals surface area (Å²) >= 11 is 0. The SMILES string of the molecule is CCCCCNC(=O)c1ccnc(NC2CCS(=O)(=O)C2)c1. The molecule has 1 aliphatic rings. The van der Waals surface area contributed by atoms with Crippen molar-refractivity contribution in [2.45, 2.75) is 38.6 Å². The molecule has 0 radical (unpaired) electrons. The fraction of sp³-hybridized carbons (Fsp3) is 0.600. The van der Waals surface area contributed by atoms with Gasteiger partial charge in [0.1, 0.15) is 5.82 Å². The highest BCUT2D eigenvalue weighted by atomic mass is 32.2. The van der Waals surface area contributed by atoms with Crippen LogP contribution in [0.4, 0.5) is 5.82 Å². The predicted octanol–water partition coefficient (Wildman–Crippen LogP) is 1.60. The number of aromatic nitrogens is 1. The maximum atomic E-state index is 12.0. The van der Waals surface area contributed by atoms with Crippen LogP contribution in [-0.4, -0.2) is 43.4 Å². The van der Waals surface area contributed by atoms with Gasteiger partial charge >= 0.3 is 0 Å². The summed E-state index contributed by atoms with van der Waals surface area (Å²) < 4.78 is 22.9. The molecule has 2 rings (SSSR count). The first-order chi connectivity index (χ1) is 10.5. The summed E-state index contributed by atoms with van der Waals surface area (Å²) in [4.78, 5) is 16.2. The normalized spacial score (nSPS) is 19.8. The highest BCUT2D eigenvalue weighted by Gasteiger charge is 2.27. The van der Waals surface area contributed by atoms with Gasteiger partial charge in [-0.3, -0.25) is 4.79 Å². The lowest BCUT2D eigenvalue weighted by atomic mass is 10.2. The van der Waals surface area contributed by atoms with Crippen LogP contribution in [0.1, 0.15) is 43.0 Å². The van der Waals surface area contributed by atoms with Gasteiger partial charge < -0.3 is 10.6 Å². The largest absolute Gasteiger partial charge is 0.366 e. The third kappa shape index (κ3) is 4.98. The van der Waals surface area contributed by atoms with Gasteiger partial charge in [0.2, 0.25) is 0 Å². The number of carbonyl (C=O) groups excluding carboxylic acids is 1. The van der Waals surface area contributed by atoms with Crippen LogP contribution in [0.2, 0.25) is 0 Å². The maximum absolute atomic E-state index is 12.0. The van der Waals surface area contributed by atoms with Crippen molar-refractivity contribution in [2.75, 3.05) is 23.4 Å². The zero-order chi connectivity index (χ0) is 16.0. The van der Waals surface area contributed by atoms with Crippen molar-refractivity contribution in [3.63, 3.8) is 0 Å². The van der Waals surface area contributed by atoms with Crippen molar-refractivity contribution in [3.8, 4) is 0 Å². The summed E-state index contributed by atoms with van der Waals surface area (Å²) in [5.74, 6) is 0.758. The Labute approximate surface area is 131 Å². The molecule has 0 aromatic carbocycles. The maximum Gasteiger partial charge on any atom is 0.251 e. The molecule has 1 aliphatic heterocycles. The second-order valence-corrected chi connectivity index (χ2v) is 7.87. The van der Waals surface area contributed by atoms with E-state index < -0.39 is 9.84 Å². The van der Waals surface area contributed by atoms with E-state index in [4.69, 9.17) is 0 Å². The van der Waals surface area contributed by atoms with Gasteiger partial charge in [0.25, 0.3) is 5.91 Å². The van der Waals surface area contributed by atoms with Crippen molar-refractivity contribution in [1.82, 2.24) is 10.3 Å². The van der Waals surface area contributed by atoms with E-state index in [0.29, 0.717) is 24.3 Å². The molecule has 0 aliphatic carbocycles. The van der Waals surface area contributed by atoms with Gasteiger partial charge in [-0.25, -0.2) is 13.4 Å². The fourth-order valence-electron chi connectivity index (χ4n) is 2.45. The molecule has 2 N–H and O–H groups in total. The van der Waals surface area contributed by atoms with E-state index in [1.54, 1.807) is 18.3 Å². The molecule has 1 saturated heterocycles. The molecule has 22 heavy (non-hydrogen) atoms. The van der Waals surface area contributed by atoms with Crippen LogP contribution in [0.15, 0.2) is 18.3 Å². The number of anilines is 1. The van der Waals surface area contributed by atoms with Crippen molar-refractivity contribution in [2.24, 2.45) is 0 Å². The van der Waals surface area contributed by atoms with Gasteiger partial charge in [-0.1, -0.05) is 19.8 Å². The molecule has 7 heteroatoms. The van der Waals surface area contributed by atoms with Gasteiger partial charge in [-0.05, 0) is 25.0 Å². The van der Waals surface area contributed by atoms with E-state index >= 15 is 0 Å². The number of pyridine rings is 1. The molecule has 0 saturated carbocycles. The van der Waals surface area contributed by atoms with Crippen LogP contribution in [0, 0.1) is 0 Å². The fourth-order valence-corrected chi connectivity index (χ4v) is 4.12. The molecule has 2 heterocycles. The van der Waals surface area contributed by atoms with Crippen LogP contribution >= 0.6 is 0 Å². The Morgan fingerprint density at radius 1 is 1.41 bits per heavy atom. The molecule has 0 bridgehead atoms. The number of nitrogens with one attached hydrogen (secondary N) is 2. The van der Waals surface area contributed by atoms with Gasteiger partial charge in [-0.15, -0.1) is 0 Å². The number of nitrogens with zero attached hydrogens (tertiary/aromatic N) is 1. The van der Waals surface area contributed by atoms with E-state index in [1.165, 1.54) is 0 Å². The first kappa shape index (κ1) is 16.7. The van der Waals surface area contributed by atoms with E-state index in [-0.39, 0.29) is 23.5 Å². The predicted molar refractivity (Wildman–Crippen MR) is 86.8 cm³/mol. The number of rotatable bonds is 7. The minimum absolute atomic E-state index is 0.124. The summed E-state index contributed by atoms with van der Waals surface area (Å²) in [5, 5.41) is 5.98. The lowest BCUT2D eigenvalue weighted by Gasteiger charge is -2.12. The summed E-state index contributed by atoms with van der Waals surface area (Å²) in [7, 11) is -2.93. The Morgan fingerprint density at radius 2 is 2.23 bits per heavy atom. The van der Waals surface area contributed by atoms with Crippen LogP contribution in [0.25, 0.3) is 0 Å². The van der Waals surface area contributed by atoms with Gasteiger partial charge in [0.15, 0.2) is 9.84 Å². The third-order valence-electron chi connectivity index (χ3n) is 3.67. The number of carbonyl (C=O) groups is 1. The third-order valence-corrected chi connectivity index (χ3v) is 5.44. The quantitative estimate of drug-likeness (QED) is 0.744. The number of amides is 1. The molecule has 1 aromatic rings. The molecule has 0 spiro atoms. The standard InChI is InChI=1S/C15H23N3O3S/c1-2-3-4-7-17-15(19)12-5-8-16-14(10-12)18-13-6-9-22(20,21)11-13/h5,8,10,13H,2-4,6-7,9,11H2,1H3,(H,16,18)(H,17,19). The number of unbranched alkanes of at least 4 members (excludes halogenated alkanes) is 2. The molecule has 1 aromatic heterocycles. The average Bonchev–Trinajstić information content (AvgIpc) is 2.82. The molecule has 1 unspecified atom stereocenters. The zero-order valence-corrected chi connectivity index (χ0v) is 13.7. The number of hydrogen-bond donors (Lipinski definition) is 2. The minimum atomic E-state index is -2.93. The first-order valence-corrected chi connectivity index (χ1v) is 9.53. The molecule has 1 fully saturated rings. The highest BCUT2D eigenvalue weighted by molar-refractivity contribution is 7.91. The first-order valence-electron chi connectivity index (χ1n) is 7.71. The Kier molecular flexibility index (Phi) is 5.76. The zero-order valence-electron chi connectivity index (χ0n) is 12.8. The molecule has 122 valence electrons. The van der Waals surface area contributed by atoms with Crippen molar-refractivity contribution < 1.29 is 13.2 Å². The summed E-state index contributed by atoms with van der Waals surface area (Å²) in [6.45, 7) is 2.78. The molecule has 1 amide bonds. The van der Waals surface area contributed by atoms with Crippen molar-refractivity contribution in [1.29, 1.82) is 0 Å². The summed E-state index contributed by atoms with van der Waals surface area (Å²) in [5.41, 5.74) is 0.537. The Morgan fingerprint density at radius 3 is 2.91 bits per heavy atom.